The molecule has 0 radical (unpaired) electrons. The van der Waals surface area contributed by atoms with Gasteiger partial charge in [-0.1, -0.05) is 26.7 Å². The number of hydrogen-bond donors (Lipinski definition) is 1. The maximum absolute atomic E-state index is 5.72. The first kappa shape index (κ1) is 15.3. The molecule has 0 spiro atoms. The zero-order valence-corrected chi connectivity index (χ0v) is 12.9. The number of ether oxygens (including phenoxy) is 1. The molecule has 1 unspecified atom stereocenters. The Labute approximate surface area is 119 Å². The molecule has 0 saturated carbocycles. The lowest BCUT2D eigenvalue weighted by Crippen LogP contribution is -2.45. The maximum atomic E-state index is 5.72. The molecule has 2 saturated heterocycles. The van der Waals surface area contributed by atoms with Crippen molar-refractivity contribution in [2.75, 3.05) is 45.9 Å². The molecule has 3 nitrogen and oxygen atoms in total. The van der Waals surface area contributed by atoms with Crippen molar-refractivity contribution in [3.8, 4) is 0 Å². The van der Waals surface area contributed by atoms with Gasteiger partial charge in [0, 0.05) is 25.1 Å². The van der Waals surface area contributed by atoms with Crippen molar-refractivity contribution in [1.82, 2.24) is 10.2 Å². The molecule has 2 fully saturated rings. The summed E-state index contributed by atoms with van der Waals surface area (Å²) in [6, 6.07) is 0. The summed E-state index contributed by atoms with van der Waals surface area (Å²) < 4.78 is 5.72. The second-order valence-electron chi connectivity index (χ2n) is 7.02. The van der Waals surface area contributed by atoms with Crippen LogP contribution in [0.3, 0.4) is 0 Å². The molecule has 19 heavy (non-hydrogen) atoms. The summed E-state index contributed by atoms with van der Waals surface area (Å²) in [4.78, 5) is 2.69. The minimum atomic E-state index is 0.374. The second-order valence-corrected chi connectivity index (χ2v) is 7.02. The van der Waals surface area contributed by atoms with Gasteiger partial charge in [-0.2, -0.15) is 0 Å². The molecule has 0 aromatic heterocycles. The number of nitrogens with one attached hydrogen (secondary N) is 1. The van der Waals surface area contributed by atoms with Crippen LogP contribution in [0.25, 0.3) is 0 Å². The van der Waals surface area contributed by atoms with Crippen LogP contribution >= 0.6 is 0 Å². The van der Waals surface area contributed by atoms with Crippen molar-refractivity contribution in [2.24, 2.45) is 11.3 Å². The zero-order chi connectivity index (χ0) is 13.6. The fraction of sp³-hybridized carbons (Fsp3) is 1.00. The van der Waals surface area contributed by atoms with Crippen LogP contribution in [0.1, 0.15) is 46.0 Å². The fourth-order valence-corrected chi connectivity index (χ4v) is 3.36. The van der Waals surface area contributed by atoms with Gasteiger partial charge in [0.2, 0.25) is 0 Å². The lowest BCUT2D eigenvalue weighted by Gasteiger charge is -2.34. The van der Waals surface area contributed by atoms with Crippen LogP contribution < -0.4 is 5.32 Å². The van der Waals surface area contributed by atoms with Crippen LogP contribution in [0.4, 0.5) is 0 Å². The van der Waals surface area contributed by atoms with Gasteiger partial charge in [-0.25, -0.2) is 0 Å². The molecular weight excluding hydrogens is 236 g/mol. The number of likely N-dealkylation sites (tertiary alicyclic amines) is 1. The summed E-state index contributed by atoms with van der Waals surface area (Å²) in [5.41, 5.74) is 0.374. The van der Waals surface area contributed by atoms with Gasteiger partial charge in [-0.05, 0) is 44.8 Å². The van der Waals surface area contributed by atoms with E-state index in [9.17, 15) is 0 Å². The van der Waals surface area contributed by atoms with Gasteiger partial charge >= 0.3 is 0 Å². The van der Waals surface area contributed by atoms with E-state index in [1.807, 2.05) is 0 Å². The van der Waals surface area contributed by atoms with Crippen LogP contribution in [-0.2, 0) is 4.74 Å². The summed E-state index contributed by atoms with van der Waals surface area (Å²) in [6.45, 7) is 12.5. The highest BCUT2D eigenvalue weighted by Crippen LogP contribution is 2.30. The van der Waals surface area contributed by atoms with Crippen molar-refractivity contribution in [3.05, 3.63) is 0 Å². The van der Waals surface area contributed by atoms with Crippen LogP contribution in [-0.4, -0.2) is 50.8 Å². The summed E-state index contributed by atoms with van der Waals surface area (Å²) in [6.07, 6.45) is 6.85. The fourth-order valence-electron chi connectivity index (χ4n) is 3.36. The Hall–Kier alpha value is -0.120. The zero-order valence-electron chi connectivity index (χ0n) is 12.9. The molecule has 0 amide bonds. The molecule has 2 aliphatic heterocycles. The van der Waals surface area contributed by atoms with Crippen LogP contribution in [0.5, 0.6) is 0 Å². The molecule has 0 aromatic carbocycles. The van der Waals surface area contributed by atoms with Gasteiger partial charge in [0.05, 0.1) is 6.61 Å². The molecule has 0 aromatic rings. The van der Waals surface area contributed by atoms with E-state index in [2.05, 4.69) is 24.1 Å². The minimum Gasteiger partial charge on any atom is -0.381 e. The van der Waals surface area contributed by atoms with E-state index in [0.717, 1.165) is 32.2 Å². The quantitative estimate of drug-likeness (QED) is 0.801. The molecule has 0 bridgehead atoms. The summed E-state index contributed by atoms with van der Waals surface area (Å²) >= 11 is 0. The van der Waals surface area contributed by atoms with Crippen LogP contribution in [0.15, 0.2) is 0 Å². The molecule has 2 rings (SSSR count). The number of hydrogen-bond acceptors (Lipinski definition) is 3. The SMILES string of the molecule is CC(C)CNCC1(CN2CCCCCC2)CCOC1. The molecule has 0 aliphatic carbocycles. The highest BCUT2D eigenvalue weighted by atomic mass is 16.5. The van der Waals surface area contributed by atoms with Crippen molar-refractivity contribution < 1.29 is 4.74 Å². The average Bonchev–Trinajstić information content (AvgIpc) is 2.66. The topological polar surface area (TPSA) is 24.5 Å². The summed E-state index contributed by atoms with van der Waals surface area (Å²) in [5.74, 6) is 0.734. The van der Waals surface area contributed by atoms with E-state index in [1.54, 1.807) is 0 Å². The van der Waals surface area contributed by atoms with E-state index >= 15 is 0 Å². The summed E-state index contributed by atoms with van der Waals surface area (Å²) in [7, 11) is 0. The van der Waals surface area contributed by atoms with Gasteiger partial charge in [0.15, 0.2) is 0 Å². The maximum Gasteiger partial charge on any atom is 0.0547 e. The molecule has 3 heteroatoms. The van der Waals surface area contributed by atoms with E-state index in [0.29, 0.717) is 5.41 Å². The van der Waals surface area contributed by atoms with Gasteiger partial charge in [0.25, 0.3) is 0 Å². The largest absolute Gasteiger partial charge is 0.381 e. The first-order chi connectivity index (χ1) is 9.20. The first-order valence-electron chi connectivity index (χ1n) is 8.21. The Morgan fingerprint density at radius 3 is 2.47 bits per heavy atom. The van der Waals surface area contributed by atoms with E-state index in [4.69, 9.17) is 4.74 Å². The third kappa shape index (κ3) is 5.05. The van der Waals surface area contributed by atoms with Gasteiger partial charge in [-0.3, -0.25) is 0 Å². The minimum absolute atomic E-state index is 0.374. The molecule has 112 valence electrons. The second kappa shape index (κ2) is 7.61. The third-order valence-electron chi connectivity index (χ3n) is 4.50. The highest BCUT2D eigenvalue weighted by molar-refractivity contribution is 4.89. The van der Waals surface area contributed by atoms with Crippen molar-refractivity contribution in [2.45, 2.75) is 46.0 Å². The van der Waals surface area contributed by atoms with Gasteiger partial charge in [-0.15, -0.1) is 0 Å². The van der Waals surface area contributed by atoms with Crippen LogP contribution in [0.2, 0.25) is 0 Å². The third-order valence-corrected chi connectivity index (χ3v) is 4.50. The van der Waals surface area contributed by atoms with Crippen molar-refractivity contribution >= 4 is 0 Å². The van der Waals surface area contributed by atoms with Gasteiger partial charge in [0.1, 0.15) is 0 Å². The Morgan fingerprint density at radius 1 is 1.16 bits per heavy atom. The molecule has 2 heterocycles. The average molecular weight is 268 g/mol. The van der Waals surface area contributed by atoms with Crippen molar-refractivity contribution in [1.29, 1.82) is 0 Å². The predicted molar refractivity (Wildman–Crippen MR) is 80.5 cm³/mol. The lowest BCUT2D eigenvalue weighted by molar-refractivity contribution is 0.109. The van der Waals surface area contributed by atoms with Crippen molar-refractivity contribution in [3.63, 3.8) is 0 Å². The Bertz CT molecular complexity index is 241. The Balaban J connectivity index is 1.83. The highest BCUT2D eigenvalue weighted by Gasteiger charge is 2.36. The number of nitrogens with zero attached hydrogens (tertiary/aromatic N) is 1. The smallest absolute Gasteiger partial charge is 0.0547 e. The van der Waals surface area contributed by atoms with Gasteiger partial charge < -0.3 is 15.0 Å². The lowest BCUT2D eigenvalue weighted by atomic mass is 9.86. The predicted octanol–water partition coefficient (Wildman–Crippen LogP) is 2.51. The van der Waals surface area contributed by atoms with E-state index in [1.165, 1.54) is 51.7 Å². The normalized spacial score (nSPS) is 29.8. The Morgan fingerprint density at radius 2 is 1.89 bits per heavy atom. The molecular formula is C16H32N2O. The standard InChI is InChI=1S/C16H32N2O/c1-15(2)11-17-12-16(7-10-19-14-16)13-18-8-5-3-4-6-9-18/h15,17H,3-14H2,1-2H3. The summed E-state index contributed by atoms with van der Waals surface area (Å²) in [5, 5.41) is 3.67. The van der Waals surface area contributed by atoms with E-state index in [-0.39, 0.29) is 0 Å². The number of rotatable bonds is 6. The molecule has 1 N–H and O–H groups in total. The monoisotopic (exact) mass is 268 g/mol. The van der Waals surface area contributed by atoms with E-state index < -0.39 is 0 Å². The molecule has 1 atom stereocenters. The molecule has 2 aliphatic rings. The van der Waals surface area contributed by atoms with Crippen LogP contribution in [0, 0.1) is 11.3 Å². The first-order valence-corrected chi connectivity index (χ1v) is 8.21. The Kier molecular flexibility index (Phi) is 6.11.